The van der Waals surface area contributed by atoms with E-state index in [-0.39, 0.29) is 12.0 Å². The van der Waals surface area contributed by atoms with Crippen molar-refractivity contribution in [3.8, 4) is 5.75 Å². The number of fused-ring (bicyclic) bond motifs is 1. The molecule has 0 radical (unpaired) electrons. The summed E-state index contributed by atoms with van der Waals surface area (Å²) in [6.07, 6.45) is 2.34. The first-order valence-corrected chi connectivity index (χ1v) is 7.62. The number of carbonyl (C=O) groups excluding carboxylic acids is 1. The van der Waals surface area contributed by atoms with E-state index in [0.717, 1.165) is 43.9 Å². The van der Waals surface area contributed by atoms with Crippen molar-refractivity contribution in [3.05, 3.63) is 29.8 Å². The Morgan fingerprint density at radius 3 is 3.10 bits per heavy atom. The predicted octanol–water partition coefficient (Wildman–Crippen LogP) is 1.18. The van der Waals surface area contributed by atoms with Crippen molar-refractivity contribution in [3.63, 3.8) is 0 Å². The summed E-state index contributed by atoms with van der Waals surface area (Å²) in [5.41, 5.74) is 1.14. The maximum atomic E-state index is 12.0. The van der Waals surface area contributed by atoms with Crippen molar-refractivity contribution in [2.75, 3.05) is 32.8 Å². The molecule has 0 saturated carbocycles. The Morgan fingerprint density at radius 2 is 2.24 bits per heavy atom. The molecule has 1 unspecified atom stereocenters. The van der Waals surface area contributed by atoms with E-state index in [0.29, 0.717) is 19.7 Å². The highest BCUT2D eigenvalue weighted by Crippen LogP contribution is 2.22. The van der Waals surface area contributed by atoms with Gasteiger partial charge in [0, 0.05) is 31.8 Å². The van der Waals surface area contributed by atoms with Crippen LogP contribution in [0.2, 0.25) is 0 Å². The second-order valence-corrected chi connectivity index (χ2v) is 5.61. The van der Waals surface area contributed by atoms with Gasteiger partial charge in [0.1, 0.15) is 12.4 Å². The zero-order valence-electron chi connectivity index (χ0n) is 12.2. The lowest BCUT2D eigenvalue weighted by atomic mass is 10.2. The summed E-state index contributed by atoms with van der Waals surface area (Å²) in [5.74, 6) is 0.990. The molecule has 5 heteroatoms. The van der Waals surface area contributed by atoms with Crippen LogP contribution in [0.4, 0.5) is 0 Å². The molecule has 0 spiro atoms. The summed E-state index contributed by atoms with van der Waals surface area (Å²) in [6, 6.07) is 8.01. The number of nitrogens with zero attached hydrogens (tertiary/aromatic N) is 1. The molecule has 1 aromatic rings. The normalized spacial score (nSPS) is 22.2. The quantitative estimate of drug-likeness (QED) is 0.904. The molecule has 1 N–H and O–H groups in total. The van der Waals surface area contributed by atoms with E-state index < -0.39 is 0 Å². The fraction of sp³-hybridized carbons (Fsp3) is 0.562. The van der Waals surface area contributed by atoms with Crippen LogP contribution >= 0.6 is 0 Å². The van der Waals surface area contributed by atoms with Crippen LogP contribution in [0.25, 0.3) is 0 Å². The van der Waals surface area contributed by atoms with Gasteiger partial charge >= 0.3 is 0 Å². The molecule has 2 aliphatic heterocycles. The molecule has 2 aliphatic rings. The van der Waals surface area contributed by atoms with Gasteiger partial charge in [-0.1, -0.05) is 18.2 Å². The summed E-state index contributed by atoms with van der Waals surface area (Å²) >= 11 is 0. The van der Waals surface area contributed by atoms with E-state index >= 15 is 0 Å². The third-order valence-electron chi connectivity index (χ3n) is 3.95. The Bertz CT molecular complexity index is 486. The Hall–Kier alpha value is -1.59. The number of nitrogens with one attached hydrogen (secondary N) is 1. The van der Waals surface area contributed by atoms with Gasteiger partial charge in [0.15, 0.2) is 0 Å². The van der Waals surface area contributed by atoms with E-state index in [9.17, 15) is 4.79 Å². The van der Waals surface area contributed by atoms with Gasteiger partial charge in [-0.05, 0) is 18.9 Å². The molecule has 0 aliphatic carbocycles. The number of carbonyl (C=O) groups is 1. The molecule has 0 aromatic heterocycles. The van der Waals surface area contributed by atoms with Gasteiger partial charge in [0.2, 0.25) is 5.91 Å². The Morgan fingerprint density at radius 1 is 1.33 bits per heavy atom. The van der Waals surface area contributed by atoms with Crippen LogP contribution in [0, 0.1) is 0 Å². The van der Waals surface area contributed by atoms with Crippen LogP contribution in [0.15, 0.2) is 24.3 Å². The molecule has 1 aromatic carbocycles. The predicted molar refractivity (Wildman–Crippen MR) is 79.2 cm³/mol. The van der Waals surface area contributed by atoms with E-state index in [1.54, 1.807) is 0 Å². The van der Waals surface area contributed by atoms with E-state index in [1.807, 2.05) is 18.2 Å². The number of hydrogen-bond acceptors (Lipinski definition) is 4. The van der Waals surface area contributed by atoms with Gasteiger partial charge in [0.25, 0.3) is 0 Å². The van der Waals surface area contributed by atoms with Crippen LogP contribution in [-0.2, 0) is 16.1 Å². The molecule has 0 bridgehead atoms. The van der Waals surface area contributed by atoms with Crippen molar-refractivity contribution in [1.82, 2.24) is 10.2 Å². The first-order chi connectivity index (χ1) is 10.3. The summed E-state index contributed by atoms with van der Waals surface area (Å²) in [5, 5.41) is 2.97. The molecule has 2 heterocycles. The summed E-state index contributed by atoms with van der Waals surface area (Å²) in [7, 11) is 0. The maximum Gasteiger partial charge on any atom is 0.234 e. The minimum absolute atomic E-state index is 0.0601. The fourth-order valence-electron chi connectivity index (χ4n) is 2.81. The second kappa shape index (κ2) is 6.91. The standard InChI is InChI=1S/C16H22N2O3/c19-16(17-10-14-5-3-8-20-14)12-18-7-9-21-15-6-2-1-4-13(15)11-18/h1-2,4,6,14H,3,5,7-12H2,(H,17,19). The van der Waals surface area contributed by atoms with Gasteiger partial charge in [-0.2, -0.15) is 0 Å². The zero-order chi connectivity index (χ0) is 14.5. The number of ether oxygens (including phenoxy) is 2. The van der Waals surface area contributed by atoms with E-state index in [2.05, 4.69) is 16.3 Å². The minimum Gasteiger partial charge on any atom is -0.492 e. The van der Waals surface area contributed by atoms with Crippen molar-refractivity contribution >= 4 is 5.91 Å². The number of hydrogen-bond donors (Lipinski definition) is 1. The molecule has 5 nitrogen and oxygen atoms in total. The number of amides is 1. The maximum absolute atomic E-state index is 12.0. The average molecular weight is 290 g/mol. The lowest BCUT2D eigenvalue weighted by Crippen LogP contribution is -2.40. The largest absolute Gasteiger partial charge is 0.492 e. The van der Waals surface area contributed by atoms with Gasteiger partial charge in [0.05, 0.1) is 12.6 Å². The van der Waals surface area contributed by atoms with Gasteiger partial charge < -0.3 is 14.8 Å². The lowest BCUT2D eigenvalue weighted by Gasteiger charge is -2.19. The van der Waals surface area contributed by atoms with Crippen LogP contribution in [0.1, 0.15) is 18.4 Å². The highest BCUT2D eigenvalue weighted by Gasteiger charge is 2.19. The van der Waals surface area contributed by atoms with Gasteiger partial charge in [-0.3, -0.25) is 9.69 Å². The van der Waals surface area contributed by atoms with Gasteiger partial charge in [-0.25, -0.2) is 0 Å². The molecular weight excluding hydrogens is 268 g/mol. The van der Waals surface area contributed by atoms with Crippen LogP contribution in [0.5, 0.6) is 5.75 Å². The van der Waals surface area contributed by atoms with Crippen LogP contribution in [0.3, 0.4) is 0 Å². The molecule has 21 heavy (non-hydrogen) atoms. The van der Waals surface area contributed by atoms with Crippen molar-refractivity contribution < 1.29 is 14.3 Å². The highest BCUT2D eigenvalue weighted by atomic mass is 16.5. The second-order valence-electron chi connectivity index (χ2n) is 5.61. The summed E-state index contributed by atoms with van der Waals surface area (Å²) in [4.78, 5) is 14.2. The third-order valence-corrected chi connectivity index (χ3v) is 3.95. The first-order valence-electron chi connectivity index (χ1n) is 7.62. The smallest absolute Gasteiger partial charge is 0.234 e. The molecule has 1 amide bonds. The van der Waals surface area contributed by atoms with Gasteiger partial charge in [-0.15, -0.1) is 0 Å². The highest BCUT2D eigenvalue weighted by molar-refractivity contribution is 5.78. The Kier molecular flexibility index (Phi) is 4.72. The summed E-state index contributed by atoms with van der Waals surface area (Å²) in [6.45, 7) is 3.99. The monoisotopic (exact) mass is 290 g/mol. The number of benzene rings is 1. The molecule has 3 rings (SSSR count). The SMILES string of the molecule is O=C(CN1CCOc2ccccc2C1)NCC1CCCO1. The van der Waals surface area contributed by atoms with Crippen LogP contribution < -0.4 is 10.1 Å². The average Bonchev–Trinajstić information content (AvgIpc) is 2.92. The molecule has 1 atom stereocenters. The lowest BCUT2D eigenvalue weighted by molar-refractivity contribution is -0.122. The third kappa shape index (κ3) is 3.95. The Labute approximate surface area is 125 Å². The number of para-hydroxylation sites is 1. The van der Waals surface area contributed by atoms with Crippen LogP contribution in [-0.4, -0.2) is 49.8 Å². The van der Waals surface area contributed by atoms with Crippen molar-refractivity contribution in [2.45, 2.75) is 25.5 Å². The Balaban J connectivity index is 1.49. The van der Waals surface area contributed by atoms with E-state index in [1.165, 1.54) is 0 Å². The molecule has 1 saturated heterocycles. The molecular formula is C16H22N2O3. The first kappa shape index (κ1) is 14.4. The van der Waals surface area contributed by atoms with Crippen molar-refractivity contribution in [2.24, 2.45) is 0 Å². The van der Waals surface area contributed by atoms with E-state index in [4.69, 9.17) is 9.47 Å². The molecule has 114 valence electrons. The fourth-order valence-corrected chi connectivity index (χ4v) is 2.81. The van der Waals surface area contributed by atoms with Crippen molar-refractivity contribution in [1.29, 1.82) is 0 Å². The topological polar surface area (TPSA) is 50.8 Å². The number of rotatable bonds is 4. The molecule has 1 fully saturated rings. The minimum atomic E-state index is 0.0601. The zero-order valence-corrected chi connectivity index (χ0v) is 12.2. The summed E-state index contributed by atoms with van der Waals surface area (Å²) < 4.78 is 11.2.